The van der Waals surface area contributed by atoms with E-state index in [1.165, 1.54) is 0 Å². The Morgan fingerprint density at radius 3 is 2.60 bits per heavy atom. The fourth-order valence-electron chi connectivity index (χ4n) is 1.56. The standard InChI is InChI=1S/C10H8O4S/c11-5-9-10(12)8-4-2-1-3-7(8)6-15(9,13)14/h1-5,11H,6H2. The number of rotatable bonds is 0. The zero-order chi connectivity index (χ0) is 11.1. The van der Waals surface area contributed by atoms with Crippen LogP contribution in [-0.2, 0) is 15.6 Å². The molecule has 2 rings (SSSR count). The molecule has 0 saturated heterocycles. The number of aliphatic hydroxyl groups excluding tert-OH is 1. The quantitative estimate of drug-likeness (QED) is 0.531. The summed E-state index contributed by atoms with van der Waals surface area (Å²) in [7, 11) is -3.67. The largest absolute Gasteiger partial charge is 0.514 e. The van der Waals surface area contributed by atoms with Crippen LogP contribution in [0.4, 0.5) is 0 Å². The summed E-state index contributed by atoms with van der Waals surface area (Å²) in [5.74, 6) is -0.874. The Balaban J connectivity index is 2.72. The molecule has 0 fully saturated rings. The SMILES string of the molecule is O=C1C(=CO)S(=O)(=O)Cc2ccccc21. The lowest BCUT2D eigenvalue weighted by molar-refractivity contribution is 0.103. The Morgan fingerprint density at radius 1 is 1.27 bits per heavy atom. The van der Waals surface area contributed by atoms with E-state index in [9.17, 15) is 13.2 Å². The summed E-state index contributed by atoms with van der Waals surface area (Å²) in [5.41, 5.74) is 0.820. The average molecular weight is 224 g/mol. The van der Waals surface area contributed by atoms with Gasteiger partial charge in [-0.05, 0) is 5.56 Å². The second-order valence-electron chi connectivity index (χ2n) is 3.24. The molecule has 0 atom stereocenters. The minimum absolute atomic E-state index is 0.235. The van der Waals surface area contributed by atoms with Crippen molar-refractivity contribution in [2.75, 3.05) is 0 Å². The highest BCUT2D eigenvalue weighted by atomic mass is 32.2. The van der Waals surface area contributed by atoms with E-state index in [1.807, 2.05) is 0 Å². The van der Waals surface area contributed by atoms with Crippen molar-refractivity contribution in [1.29, 1.82) is 0 Å². The van der Waals surface area contributed by atoms with Gasteiger partial charge in [-0.3, -0.25) is 4.79 Å². The summed E-state index contributed by atoms with van der Waals surface area (Å²) >= 11 is 0. The summed E-state index contributed by atoms with van der Waals surface area (Å²) in [4.78, 5) is 11.1. The summed E-state index contributed by atoms with van der Waals surface area (Å²) < 4.78 is 23.1. The second kappa shape index (κ2) is 3.20. The molecular formula is C10H8O4S. The van der Waals surface area contributed by atoms with E-state index in [2.05, 4.69) is 0 Å². The van der Waals surface area contributed by atoms with Crippen molar-refractivity contribution in [2.24, 2.45) is 0 Å². The van der Waals surface area contributed by atoms with Crippen LogP contribution in [0.5, 0.6) is 0 Å². The third-order valence-electron chi connectivity index (χ3n) is 2.28. The predicted molar refractivity (Wildman–Crippen MR) is 54.1 cm³/mol. The van der Waals surface area contributed by atoms with Gasteiger partial charge in [0.25, 0.3) is 0 Å². The Kier molecular flexibility index (Phi) is 2.12. The van der Waals surface area contributed by atoms with E-state index >= 15 is 0 Å². The number of sulfone groups is 1. The van der Waals surface area contributed by atoms with Crippen LogP contribution in [-0.4, -0.2) is 19.3 Å². The number of carbonyl (C=O) groups excluding carboxylic acids is 1. The Bertz CT molecular complexity index is 555. The molecule has 1 heterocycles. The number of hydrogen-bond acceptors (Lipinski definition) is 4. The number of allylic oxidation sites excluding steroid dienone is 1. The van der Waals surface area contributed by atoms with Crippen molar-refractivity contribution in [3.8, 4) is 0 Å². The van der Waals surface area contributed by atoms with E-state index in [-0.39, 0.29) is 5.75 Å². The minimum Gasteiger partial charge on any atom is -0.514 e. The molecule has 0 unspecified atom stereocenters. The van der Waals surface area contributed by atoms with E-state index in [0.717, 1.165) is 0 Å². The van der Waals surface area contributed by atoms with Crippen LogP contribution >= 0.6 is 0 Å². The maximum Gasteiger partial charge on any atom is 0.207 e. The molecule has 5 heteroatoms. The lowest BCUT2D eigenvalue weighted by Gasteiger charge is -2.16. The fraction of sp³-hybridized carbons (Fsp3) is 0.100. The Labute approximate surface area is 86.8 Å². The molecule has 15 heavy (non-hydrogen) atoms. The molecule has 1 N–H and O–H groups in total. The number of fused-ring (bicyclic) bond motifs is 1. The van der Waals surface area contributed by atoms with Gasteiger partial charge in [-0.2, -0.15) is 0 Å². The van der Waals surface area contributed by atoms with E-state index in [1.54, 1.807) is 24.3 Å². The van der Waals surface area contributed by atoms with Crippen molar-refractivity contribution < 1.29 is 18.3 Å². The van der Waals surface area contributed by atoms with Crippen molar-refractivity contribution in [3.05, 3.63) is 46.6 Å². The number of benzene rings is 1. The van der Waals surface area contributed by atoms with E-state index < -0.39 is 20.5 Å². The maximum atomic E-state index is 11.7. The number of Topliss-reactive ketones (excluding diaryl/α,β-unsaturated/α-hetero) is 1. The lowest BCUT2D eigenvalue weighted by atomic mass is 10.0. The van der Waals surface area contributed by atoms with Gasteiger partial charge in [-0.25, -0.2) is 8.42 Å². The van der Waals surface area contributed by atoms with Crippen molar-refractivity contribution in [1.82, 2.24) is 0 Å². The molecule has 0 spiro atoms. The molecule has 1 aromatic carbocycles. The molecule has 0 radical (unpaired) electrons. The van der Waals surface area contributed by atoms with Crippen LogP contribution in [0.15, 0.2) is 35.4 Å². The summed E-state index contributed by atoms with van der Waals surface area (Å²) in [6.07, 6.45) is 0.369. The smallest absolute Gasteiger partial charge is 0.207 e. The third-order valence-corrected chi connectivity index (χ3v) is 3.94. The summed E-state index contributed by atoms with van der Waals surface area (Å²) in [5, 5.41) is 8.76. The molecule has 0 aromatic heterocycles. The predicted octanol–water partition coefficient (Wildman–Crippen LogP) is 1.20. The summed E-state index contributed by atoms with van der Waals surface area (Å²) in [6, 6.07) is 6.48. The molecule has 0 saturated carbocycles. The second-order valence-corrected chi connectivity index (χ2v) is 5.20. The minimum atomic E-state index is -3.67. The van der Waals surface area contributed by atoms with Crippen LogP contribution < -0.4 is 0 Å². The molecule has 0 aliphatic carbocycles. The van der Waals surface area contributed by atoms with Crippen LogP contribution in [0.3, 0.4) is 0 Å². The van der Waals surface area contributed by atoms with Crippen LogP contribution in [0.25, 0.3) is 0 Å². The monoisotopic (exact) mass is 224 g/mol. The number of carbonyl (C=O) groups is 1. The van der Waals surface area contributed by atoms with Crippen molar-refractivity contribution in [2.45, 2.75) is 5.75 Å². The molecule has 78 valence electrons. The van der Waals surface area contributed by atoms with Gasteiger partial charge in [-0.15, -0.1) is 0 Å². The van der Waals surface area contributed by atoms with Gasteiger partial charge in [0.1, 0.15) is 11.2 Å². The first-order valence-electron chi connectivity index (χ1n) is 4.26. The molecule has 0 amide bonds. The summed E-state index contributed by atoms with van der Waals surface area (Å²) in [6.45, 7) is 0. The molecule has 1 aliphatic heterocycles. The third kappa shape index (κ3) is 1.45. The first-order chi connectivity index (χ1) is 7.06. The van der Waals surface area contributed by atoms with Crippen LogP contribution in [0.2, 0.25) is 0 Å². The van der Waals surface area contributed by atoms with E-state index in [0.29, 0.717) is 17.4 Å². The Hall–Kier alpha value is -1.62. The van der Waals surface area contributed by atoms with Crippen LogP contribution in [0, 0.1) is 0 Å². The zero-order valence-electron chi connectivity index (χ0n) is 7.67. The fourth-order valence-corrected chi connectivity index (χ4v) is 2.93. The van der Waals surface area contributed by atoms with Gasteiger partial charge in [0.2, 0.25) is 5.78 Å². The molecule has 1 aromatic rings. The number of ketones is 1. The van der Waals surface area contributed by atoms with Gasteiger partial charge in [0, 0.05) is 5.56 Å². The lowest BCUT2D eigenvalue weighted by Crippen LogP contribution is -2.23. The van der Waals surface area contributed by atoms with Gasteiger partial charge in [0.05, 0.1) is 5.75 Å². The van der Waals surface area contributed by atoms with Gasteiger partial charge < -0.3 is 5.11 Å². The van der Waals surface area contributed by atoms with Crippen molar-refractivity contribution in [3.63, 3.8) is 0 Å². The van der Waals surface area contributed by atoms with Crippen LogP contribution in [0.1, 0.15) is 15.9 Å². The van der Waals surface area contributed by atoms with Gasteiger partial charge >= 0.3 is 0 Å². The van der Waals surface area contributed by atoms with Gasteiger partial charge in [-0.1, -0.05) is 24.3 Å². The number of aliphatic hydroxyl groups is 1. The topological polar surface area (TPSA) is 71.4 Å². The maximum absolute atomic E-state index is 11.7. The average Bonchev–Trinajstić information content (AvgIpc) is 2.17. The highest BCUT2D eigenvalue weighted by Gasteiger charge is 2.33. The molecule has 1 aliphatic rings. The number of hydrogen-bond donors (Lipinski definition) is 1. The zero-order valence-corrected chi connectivity index (χ0v) is 8.49. The molecule has 0 bridgehead atoms. The molecule has 4 nitrogen and oxygen atoms in total. The first kappa shape index (κ1) is 9.92. The highest BCUT2D eigenvalue weighted by molar-refractivity contribution is 7.95. The molecular weight excluding hydrogens is 216 g/mol. The van der Waals surface area contributed by atoms with Gasteiger partial charge in [0.15, 0.2) is 9.84 Å². The first-order valence-corrected chi connectivity index (χ1v) is 5.91. The van der Waals surface area contributed by atoms with E-state index in [4.69, 9.17) is 5.11 Å². The highest BCUT2D eigenvalue weighted by Crippen LogP contribution is 2.27. The normalized spacial score (nSPS) is 21.3. The Morgan fingerprint density at radius 2 is 1.93 bits per heavy atom. The van der Waals surface area contributed by atoms with Crippen molar-refractivity contribution >= 4 is 15.6 Å².